The number of carbonyl (C=O) groups is 1. The van der Waals surface area contributed by atoms with E-state index in [-0.39, 0.29) is 17.3 Å². The number of hydrogen-bond donors (Lipinski definition) is 2. The fraction of sp³-hybridized carbons (Fsp3) is 0.267. The van der Waals surface area contributed by atoms with E-state index in [1.807, 2.05) is 11.0 Å². The summed E-state index contributed by atoms with van der Waals surface area (Å²) in [5, 5.41) is 0. The molecule has 1 aliphatic rings. The Kier molecular flexibility index (Phi) is 3.29. The van der Waals surface area contributed by atoms with Crippen molar-refractivity contribution in [2.75, 3.05) is 10.6 Å². The second kappa shape index (κ2) is 5.12. The van der Waals surface area contributed by atoms with E-state index in [1.165, 1.54) is 6.07 Å². The Morgan fingerprint density at radius 3 is 2.76 bits per heavy atom. The number of anilines is 2. The van der Waals surface area contributed by atoms with Gasteiger partial charge in [-0.15, -0.1) is 0 Å². The molecule has 3 rings (SSSR count). The molecular weight excluding hydrogens is 273 g/mol. The van der Waals surface area contributed by atoms with E-state index in [2.05, 4.69) is 0 Å². The van der Waals surface area contributed by atoms with Crippen LogP contribution in [0.1, 0.15) is 29.0 Å². The zero-order valence-electron chi connectivity index (χ0n) is 11.4. The van der Waals surface area contributed by atoms with Gasteiger partial charge >= 0.3 is 0 Å². The number of benzene rings is 1. The van der Waals surface area contributed by atoms with Crippen molar-refractivity contribution in [1.82, 2.24) is 0 Å². The minimum Gasteiger partial charge on any atom is -0.467 e. The van der Waals surface area contributed by atoms with E-state index < -0.39 is 11.7 Å². The summed E-state index contributed by atoms with van der Waals surface area (Å²) in [5.74, 6) is -0.391. The lowest BCUT2D eigenvalue weighted by atomic mass is 10.1. The van der Waals surface area contributed by atoms with Crippen LogP contribution in [-0.2, 0) is 6.54 Å². The van der Waals surface area contributed by atoms with Crippen LogP contribution in [0.3, 0.4) is 0 Å². The molecule has 1 aromatic carbocycles. The first-order valence-corrected chi connectivity index (χ1v) is 6.74. The number of rotatable bonds is 5. The number of amides is 1. The lowest BCUT2D eigenvalue weighted by molar-refractivity contribution is 0.100. The van der Waals surface area contributed by atoms with Gasteiger partial charge in [0.25, 0.3) is 5.91 Å². The van der Waals surface area contributed by atoms with Crippen LogP contribution in [-0.4, -0.2) is 11.9 Å². The molecule has 1 saturated carbocycles. The maximum absolute atomic E-state index is 14.3. The van der Waals surface area contributed by atoms with Crippen LogP contribution < -0.4 is 16.4 Å². The molecule has 0 aliphatic heterocycles. The summed E-state index contributed by atoms with van der Waals surface area (Å²) in [6.45, 7) is 0.441. The highest BCUT2D eigenvalue weighted by molar-refractivity contribution is 5.99. The molecule has 0 atom stereocenters. The van der Waals surface area contributed by atoms with Gasteiger partial charge in [-0.25, -0.2) is 4.39 Å². The second-order valence-corrected chi connectivity index (χ2v) is 5.19. The first-order valence-electron chi connectivity index (χ1n) is 6.74. The van der Waals surface area contributed by atoms with E-state index in [0.29, 0.717) is 12.2 Å². The lowest BCUT2D eigenvalue weighted by Crippen LogP contribution is -2.26. The van der Waals surface area contributed by atoms with Gasteiger partial charge in [-0.05, 0) is 37.1 Å². The molecule has 0 spiro atoms. The maximum Gasteiger partial charge on any atom is 0.250 e. The highest BCUT2D eigenvalue weighted by Crippen LogP contribution is 2.36. The Morgan fingerprint density at radius 2 is 2.19 bits per heavy atom. The SMILES string of the molecule is NC(=O)c1cc(N(Cc2ccco2)C2CC2)c(F)cc1N. The predicted octanol–water partition coefficient (Wildman–Crippen LogP) is 2.27. The highest BCUT2D eigenvalue weighted by Gasteiger charge is 2.32. The number of nitrogen functional groups attached to an aromatic ring is 1. The molecule has 0 unspecified atom stereocenters. The molecule has 1 aromatic heterocycles. The molecule has 0 radical (unpaired) electrons. The van der Waals surface area contributed by atoms with Crippen molar-refractivity contribution in [1.29, 1.82) is 0 Å². The van der Waals surface area contributed by atoms with Crippen molar-refractivity contribution < 1.29 is 13.6 Å². The van der Waals surface area contributed by atoms with Gasteiger partial charge in [-0.3, -0.25) is 4.79 Å². The van der Waals surface area contributed by atoms with Gasteiger partial charge in [0, 0.05) is 11.7 Å². The lowest BCUT2D eigenvalue weighted by Gasteiger charge is -2.25. The first-order chi connectivity index (χ1) is 10.1. The molecule has 1 heterocycles. The minimum absolute atomic E-state index is 0.0532. The van der Waals surface area contributed by atoms with Crippen molar-refractivity contribution in [3.05, 3.63) is 47.7 Å². The predicted molar refractivity (Wildman–Crippen MR) is 77.2 cm³/mol. The van der Waals surface area contributed by atoms with E-state index in [4.69, 9.17) is 15.9 Å². The third kappa shape index (κ3) is 2.69. The molecule has 4 N–H and O–H groups in total. The average Bonchev–Trinajstić information content (AvgIpc) is 3.14. The summed E-state index contributed by atoms with van der Waals surface area (Å²) in [4.78, 5) is 13.3. The smallest absolute Gasteiger partial charge is 0.250 e. The monoisotopic (exact) mass is 289 g/mol. The molecule has 0 bridgehead atoms. The van der Waals surface area contributed by atoms with E-state index in [0.717, 1.165) is 24.7 Å². The molecule has 1 aliphatic carbocycles. The van der Waals surface area contributed by atoms with Gasteiger partial charge in [0.1, 0.15) is 11.6 Å². The number of furan rings is 1. The van der Waals surface area contributed by atoms with Gasteiger partial charge in [0.15, 0.2) is 0 Å². The molecule has 2 aromatic rings. The van der Waals surface area contributed by atoms with Crippen LogP contribution in [0.25, 0.3) is 0 Å². The van der Waals surface area contributed by atoms with Crippen molar-refractivity contribution >= 4 is 17.3 Å². The topological polar surface area (TPSA) is 85.5 Å². The summed E-state index contributed by atoms with van der Waals surface area (Å²) in [5.41, 5.74) is 11.4. The van der Waals surface area contributed by atoms with Crippen LogP contribution in [0, 0.1) is 5.82 Å². The summed E-state index contributed by atoms with van der Waals surface area (Å²) in [7, 11) is 0. The molecule has 1 fully saturated rings. The highest BCUT2D eigenvalue weighted by atomic mass is 19.1. The number of halogens is 1. The standard InChI is InChI=1S/C15H16FN3O2/c16-12-7-13(17)11(15(18)20)6-14(12)19(9-3-4-9)8-10-2-1-5-21-10/h1-2,5-7,9H,3-4,8,17H2,(H2,18,20). The molecule has 6 heteroatoms. The average molecular weight is 289 g/mol. The molecular formula is C15H16FN3O2. The number of nitrogens with zero attached hydrogens (tertiary/aromatic N) is 1. The quantitative estimate of drug-likeness (QED) is 0.827. The summed E-state index contributed by atoms with van der Waals surface area (Å²) in [6, 6.07) is 6.43. The second-order valence-electron chi connectivity index (χ2n) is 5.19. The summed E-state index contributed by atoms with van der Waals surface area (Å²) < 4.78 is 19.6. The third-order valence-corrected chi connectivity index (χ3v) is 3.59. The summed E-state index contributed by atoms with van der Waals surface area (Å²) in [6.07, 6.45) is 3.54. The van der Waals surface area contributed by atoms with Crippen molar-refractivity contribution in [3.8, 4) is 0 Å². The Hall–Kier alpha value is -2.50. The van der Waals surface area contributed by atoms with Gasteiger partial charge in [-0.1, -0.05) is 0 Å². The van der Waals surface area contributed by atoms with Crippen LogP contribution >= 0.6 is 0 Å². The Morgan fingerprint density at radius 1 is 1.43 bits per heavy atom. The van der Waals surface area contributed by atoms with Gasteiger partial charge < -0.3 is 20.8 Å². The molecule has 1 amide bonds. The van der Waals surface area contributed by atoms with Gasteiger partial charge in [0.2, 0.25) is 0 Å². The van der Waals surface area contributed by atoms with Crippen LogP contribution in [0.2, 0.25) is 0 Å². The fourth-order valence-electron chi connectivity index (χ4n) is 2.38. The third-order valence-electron chi connectivity index (χ3n) is 3.59. The van der Waals surface area contributed by atoms with Gasteiger partial charge in [0.05, 0.1) is 24.1 Å². The first kappa shape index (κ1) is 13.5. The molecule has 21 heavy (non-hydrogen) atoms. The van der Waals surface area contributed by atoms with Crippen molar-refractivity contribution in [2.24, 2.45) is 5.73 Å². The van der Waals surface area contributed by atoms with Crippen LogP contribution in [0.5, 0.6) is 0 Å². The Bertz CT molecular complexity index is 666. The molecule has 5 nitrogen and oxygen atoms in total. The number of primary amides is 1. The summed E-state index contributed by atoms with van der Waals surface area (Å²) >= 11 is 0. The Balaban J connectivity index is 1.99. The number of hydrogen-bond acceptors (Lipinski definition) is 4. The van der Waals surface area contributed by atoms with E-state index in [9.17, 15) is 9.18 Å². The van der Waals surface area contributed by atoms with Crippen LogP contribution in [0.4, 0.5) is 15.8 Å². The van der Waals surface area contributed by atoms with E-state index in [1.54, 1.807) is 12.3 Å². The van der Waals surface area contributed by atoms with Crippen molar-refractivity contribution in [3.63, 3.8) is 0 Å². The Labute approximate surface area is 121 Å². The van der Waals surface area contributed by atoms with Gasteiger partial charge in [-0.2, -0.15) is 0 Å². The van der Waals surface area contributed by atoms with E-state index >= 15 is 0 Å². The normalized spacial score (nSPS) is 14.1. The van der Waals surface area contributed by atoms with Crippen LogP contribution in [0.15, 0.2) is 34.9 Å². The molecule has 0 saturated heterocycles. The molecule has 110 valence electrons. The largest absolute Gasteiger partial charge is 0.467 e. The number of nitrogens with two attached hydrogens (primary N) is 2. The van der Waals surface area contributed by atoms with Crippen molar-refractivity contribution in [2.45, 2.75) is 25.4 Å². The zero-order chi connectivity index (χ0) is 15.0. The fourth-order valence-corrected chi connectivity index (χ4v) is 2.38. The zero-order valence-corrected chi connectivity index (χ0v) is 11.4. The maximum atomic E-state index is 14.3. The minimum atomic E-state index is -0.664. The number of carbonyl (C=O) groups excluding carboxylic acids is 1.